The summed E-state index contributed by atoms with van der Waals surface area (Å²) in [6.45, 7) is 5.64. The summed E-state index contributed by atoms with van der Waals surface area (Å²) in [5.74, 6) is 1.29. The van der Waals surface area contributed by atoms with Crippen LogP contribution in [0.3, 0.4) is 0 Å². The molecule has 0 aliphatic carbocycles. The molecule has 0 bridgehead atoms. The van der Waals surface area contributed by atoms with Gasteiger partial charge in [-0.15, -0.1) is 11.3 Å². The summed E-state index contributed by atoms with van der Waals surface area (Å²) in [7, 11) is 0. The maximum absolute atomic E-state index is 12.8. The Kier molecular flexibility index (Phi) is 5.21. The van der Waals surface area contributed by atoms with Crippen molar-refractivity contribution in [2.45, 2.75) is 18.8 Å². The van der Waals surface area contributed by atoms with E-state index in [0.717, 1.165) is 37.2 Å². The normalized spacial score (nSPS) is 15.0. The van der Waals surface area contributed by atoms with Gasteiger partial charge in [-0.2, -0.15) is 0 Å². The van der Waals surface area contributed by atoms with Gasteiger partial charge in [0.25, 0.3) is 5.91 Å². The zero-order valence-corrected chi connectivity index (χ0v) is 16.0. The summed E-state index contributed by atoms with van der Waals surface area (Å²) in [5.41, 5.74) is 1.79. The van der Waals surface area contributed by atoms with Crippen LogP contribution in [0.2, 0.25) is 0 Å². The Morgan fingerprint density at radius 2 is 1.93 bits per heavy atom. The van der Waals surface area contributed by atoms with Crippen molar-refractivity contribution in [1.29, 1.82) is 0 Å². The van der Waals surface area contributed by atoms with Gasteiger partial charge in [0.2, 0.25) is 0 Å². The highest BCUT2D eigenvalue weighted by Crippen LogP contribution is 2.34. The summed E-state index contributed by atoms with van der Waals surface area (Å²) < 4.78 is 6.72. The Morgan fingerprint density at radius 1 is 1.19 bits per heavy atom. The number of ether oxygens (including phenoxy) is 1. The number of hydrogen-bond acceptors (Lipinski definition) is 4. The maximum Gasteiger partial charge on any atom is 0.253 e. The first kappa shape index (κ1) is 17.7. The molecular weight excluding hydrogens is 356 g/mol. The average Bonchev–Trinajstić information content (AvgIpc) is 3.16. The molecule has 2 aromatic carbocycles. The molecule has 4 nitrogen and oxygen atoms in total. The maximum atomic E-state index is 12.8. The molecule has 4 rings (SSSR count). The lowest BCUT2D eigenvalue weighted by molar-refractivity contribution is 0.0713. The fraction of sp³-hybridized carbons (Fsp3) is 0.273. The van der Waals surface area contributed by atoms with E-state index in [9.17, 15) is 4.79 Å². The SMILES string of the molecule is C=CCOc1ccc(C(=O)N2CCC(c3nc4ccccc4s3)CC2)cc1. The minimum atomic E-state index is 0.0908. The molecule has 1 aliphatic heterocycles. The second kappa shape index (κ2) is 7.92. The molecule has 1 amide bonds. The Morgan fingerprint density at radius 3 is 2.63 bits per heavy atom. The van der Waals surface area contributed by atoms with Crippen LogP contribution in [0.5, 0.6) is 5.75 Å². The fourth-order valence-electron chi connectivity index (χ4n) is 3.43. The van der Waals surface area contributed by atoms with Crippen LogP contribution in [-0.2, 0) is 0 Å². The molecule has 1 fully saturated rings. The van der Waals surface area contributed by atoms with Crippen LogP contribution < -0.4 is 4.74 Å². The largest absolute Gasteiger partial charge is 0.490 e. The molecule has 5 heteroatoms. The van der Waals surface area contributed by atoms with Gasteiger partial charge in [0.15, 0.2) is 0 Å². The third-order valence-corrected chi connectivity index (χ3v) is 6.11. The van der Waals surface area contributed by atoms with Gasteiger partial charge < -0.3 is 9.64 Å². The summed E-state index contributed by atoms with van der Waals surface area (Å²) in [6, 6.07) is 15.6. The number of piperidine rings is 1. The number of aromatic nitrogens is 1. The van der Waals surface area contributed by atoms with Gasteiger partial charge in [-0.1, -0.05) is 24.8 Å². The molecule has 0 atom stereocenters. The second-order valence-corrected chi connectivity index (χ2v) is 7.77. The number of carbonyl (C=O) groups is 1. The lowest BCUT2D eigenvalue weighted by Crippen LogP contribution is -2.37. The van der Waals surface area contributed by atoms with Crippen LogP contribution in [0.25, 0.3) is 10.2 Å². The Balaban J connectivity index is 1.38. The zero-order valence-electron chi connectivity index (χ0n) is 15.1. The van der Waals surface area contributed by atoms with Gasteiger partial charge in [-0.25, -0.2) is 4.98 Å². The quantitative estimate of drug-likeness (QED) is 0.594. The van der Waals surface area contributed by atoms with E-state index >= 15 is 0 Å². The number of thiazole rings is 1. The molecule has 1 saturated heterocycles. The molecule has 0 radical (unpaired) electrons. The molecule has 0 saturated carbocycles. The van der Waals surface area contributed by atoms with Crippen LogP contribution >= 0.6 is 11.3 Å². The molecule has 3 aromatic rings. The first-order valence-electron chi connectivity index (χ1n) is 9.23. The van der Waals surface area contributed by atoms with Gasteiger partial charge in [0.1, 0.15) is 12.4 Å². The molecule has 27 heavy (non-hydrogen) atoms. The number of amides is 1. The van der Waals surface area contributed by atoms with E-state index < -0.39 is 0 Å². The van der Waals surface area contributed by atoms with Gasteiger partial charge in [0, 0.05) is 24.6 Å². The predicted octanol–water partition coefficient (Wildman–Crippen LogP) is 4.88. The average molecular weight is 378 g/mol. The highest BCUT2D eigenvalue weighted by Gasteiger charge is 2.26. The number of likely N-dealkylation sites (tertiary alicyclic amines) is 1. The third kappa shape index (κ3) is 3.88. The highest BCUT2D eigenvalue weighted by molar-refractivity contribution is 7.18. The molecule has 1 aromatic heterocycles. The summed E-state index contributed by atoms with van der Waals surface area (Å²) in [6.07, 6.45) is 3.63. The Labute approximate surface area is 163 Å². The van der Waals surface area contributed by atoms with Crippen LogP contribution in [0.1, 0.15) is 34.1 Å². The van der Waals surface area contributed by atoms with Crippen molar-refractivity contribution in [1.82, 2.24) is 9.88 Å². The summed E-state index contributed by atoms with van der Waals surface area (Å²) >= 11 is 1.78. The number of carbonyl (C=O) groups excluding carboxylic acids is 1. The summed E-state index contributed by atoms with van der Waals surface area (Å²) in [4.78, 5) is 19.5. The molecule has 0 N–H and O–H groups in total. The van der Waals surface area contributed by atoms with E-state index in [-0.39, 0.29) is 5.91 Å². The predicted molar refractivity (Wildman–Crippen MR) is 110 cm³/mol. The van der Waals surface area contributed by atoms with Crippen LogP contribution in [0.4, 0.5) is 0 Å². The molecule has 0 unspecified atom stereocenters. The van der Waals surface area contributed by atoms with Crippen LogP contribution in [0, 0.1) is 0 Å². The Bertz CT molecular complexity index is 907. The van der Waals surface area contributed by atoms with E-state index in [4.69, 9.17) is 9.72 Å². The monoisotopic (exact) mass is 378 g/mol. The standard InChI is InChI=1S/C22H22N2O2S/c1-2-15-26-18-9-7-17(8-10-18)22(25)24-13-11-16(12-14-24)21-23-19-5-3-4-6-20(19)27-21/h2-10,16H,1,11-15H2. The van der Waals surface area contributed by atoms with Gasteiger partial charge >= 0.3 is 0 Å². The first-order valence-corrected chi connectivity index (χ1v) is 10.0. The van der Waals surface area contributed by atoms with Crippen molar-refractivity contribution in [3.8, 4) is 5.75 Å². The van der Waals surface area contributed by atoms with Crippen LogP contribution in [0.15, 0.2) is 61.2 Å². The topological polar surface area (TPSA) is 42.4 Å². The number of hydrogen-bond donors (Lipinski definition) is 0. The molecule has 2 heterocycles. The van der Waals surface area contributed by atoms with Gasteiger partial charge in [0.05, 0.1) is 15.2 Å². The van der Waals surface area contributed by atoms with E-state index in [1.54, 1.807) is 17.4 Å². The van der Waals surface area contributed by atoms with E-state index in [1.165, 1.54) is 9.71 Å². The van der Waals surface area contributed by atoms with Gasteiger partial charge in [-0.05, 0) is 49.2 Å². The molecular formula is C22H22N2O2S. The van der Waals surface area contributed by atoms with Gasteiger partial charge in [-0.3, -0.25) is 4.79 Å². The van der Waals surface area contributed by atoms with Crippen molar-refractivity contribution < 1.29 is 9.53 Å². The van der Waals surface area contributed by atoms with Crippen molar-refractivity contribution in [3.05, 3.63) is 71.8 Å². The zero-order chi connectivity index (χ0) is 18.6. The lowest BCUT2D eigenvalue weighted by atomic mass is 9.97. The number of nitrogens with zero attached hydrogens (tertiary/aromatic N) is 2. The van der Waals surface area contributed by atoms with E-state index in [2.05, 4.69) is 24.8 Å². The lowest BCUT2D eigenvalue weighted by Gasteiger charge is -2.31. The molecule has 0 spiro atoms. The van der Waals surface area contributed by atoms with Crippen molar-refractivity contribution >= 4 is 27.5 Å². The number of benzene rings is 2. The minimum absolute atomic E-state index is 0.0908. The first-order chi connectivity index (χ1) is 13.2. The molecule has 138 valence electrons. The number of para-hydroxylation sites is 1. The highest BCUT2D eigenvalue weighted by atomic mass is 32.1. The smallest absolute Gasteiger partial charge is 0.253 e. The van der Waals surface area contributed by atoms with E-state index in [1.807, 2.05) is 35.2 Å². The number of fused-ring (bicyclic) bond motifs is 1. The number of rotatable bonds is 5. The van der Waals surface area contributed by atoms with Crippen LogP contribution in [-0.4, -0.2) is 35.5 Å². The second-order valence-electron chi connectivity index (χ2n) is 6.71. The van der Waals surface area contributed by atoms with Crippen molar-refractivity contribution in [3.63, 3.8) is 0 Å². The minimum Gasteiger partial charge on any atom is -0.490 e. The van der Waals surface area contributed by atoms with Crippen molar-refractivity contribution in [2.75, 3.05) is 19.7 Å². The van der Waals surface area contributed by atoms with Crippen molar-refractivity contribution in [2.24, 2.45) is 0 Å². The van der Waals surface area contributed by atoms with E-state index in [0.29, 0.717) is 18.1 Å². The molecule has 1 aliphatic rings. The Hall–Kier alpha value is -2.66. The summed E-state index contributed by atoms with van der Waals surface area (Å²) in [5, 5.41) is 1.20. The fourth-order valence-corrected chi connectivity index (χ4v) is 4.56. The third-order valence-electron chi connectivity index (χ3n) is 4.91.